The van der Waals surface area contributed by atoms with Crippen LogP contribution in [0.5, 0.6) is 0 Å². The van der Waals surface area contributed by atoms with Gasteiger partial charge in [0.2, 0.25) is 5.91 Å². The third kappa shape index (κ3) is 4.34. The Hall–Kier alpha value is -2.02. The van der Waals surface area contributed by atoms with Gasteiger partial charge in [0.1, 0.15) is 6.10 Å². The molecule has 1 aliphatic carbocycles. The van der Waals surface area contributed by atoms with E-state index in [4.69, 9.17) is 17.0 Å². The van der Waals surface area contributed by atoms with Gasteiger partial charge >= 0.3 is 5.97 Å². The van der Waals surface area contributed by atoms with Crippen LogP contribution in [0.25, 0.3) is 0 Å². The smallest absolute Gasteiger partial charge is 0.306 e. The zero-order valence-corrected chi connectivity index (χ0v) is 15.5. The number of carbonyl (C=O) groups excluding carboxylic acids is 2. The maximum Gasteiger partial charge on any atom is 0.306 e. The number of rotatable bonds is 6. The summed E-state index contributed by atoms with van der Waals surface area (Å²) in [6.45, 7) is 0. The van der Waals surface area contributed by atoms with Gasteiger partial charge in [0.25, 0.3) is 0 Å². The first-order valence-electron chi connectivity index (χ1n) is 8.57. The lowest BCUT2D eigenvalue weighted by molar-refractivity contribution is -0.154. The molecule has 2 rings (SSSR count). The Morgan fingerprint density at radius 1 is 1.32 bits per heavy atom. The van der Waals surface area contributed by atoms with E-state index in [0.29, 0.717) is 4.99 Å². The molecule has 2 atom stereocenters. The summed E-state index contributed by atoms with van der Waals surface area (Å²) >= 11 is 5.63. The number of likely N-dealkylation sites (N-methyl/N-ethyl adjacent to an activating group) is 1. The summed E-state index contributed by atoms with van der Waals surface area (Å²) in [5.74, 6) is -0.549. The fourth-order valence-electron chi connectivity index (χ4n) is 3.43. The summed E-state index contributed by atoms with van der Waals surface area (Å²) in [4.78, 5) is 28.5. The highest BCUT2D eigenvalue weighted by atomic mass is 32.1. The second-order valence-corrected chi connectivity index (χ2v) is 6.60. The van der Waals surface area contributed by atoms with Crippen LogP contribution >= 0.6 is 12.2 Å². The molecular formula is C18H25N3O3S. The SMILES string of the molecule is CNC(=O)CCC(=O)OC1CCCCC1(C(=S)NC)c1cccnc1. The fourth-order valence-corrected chi connectivity index (χ4v) is 3.78. The van der Waals surface area contributed by atoms with Crippen molar-refractivity contribution in [3.05, 3.63) is 30.1 Å². The van der Waals surface area contributed by atoms with Gasteiger partial charge in [-0.15, -0.1) is 0 Å². The van der Waals surface area contributed by atoms with Crippen molar-refractivity contribution >= 4 is 29.1 Å². The molecule has 25 heavy (non-hydrogen) atoms. The van der Waals surface area contributed by atoms with E-state index in [-0.39, 0.29) is 30.8 Å². The van der Waals surface area contributed by atoms with Crippen molar-refractivity contribution in [1.29, 1.82) is 0 Å². The average Bonchev–Trinajstić information content (AvgIpc) is 2.66. The molecule has 7 heteroatoms. The number of nitrogens with zero attached hydrogens (tertiary/aromatic N) is 1. The summed E-state index contributed by atoms with van der Waals surface area (Å²) in [5.41, 5.74) is 0.386. The molecule has 0 spiro atoms. The van der Waals surface area contributed by atoms with Crippen LogP contribution in [0.1, 0.15) is 44.1 Å². The second kappa shape index (κ2) is 8.89. The number of thiocarbonyl (C=S) groups is 1. The van der Waals surface area contributed by atoms with Gasteiger partial charge in [-0.2, -0.15) is 0 Å². The van der Waals surface area contributed by atoms with Crippen LogP contribution in [0.4, 0.5) is 0 Å². The number of nitrogens with one attached hydrogen (secondary N) is 2. The number of carbonyl (C=O) groups is 2. The minimum Gasteiger partial charge on any atom is -0.461 e. The molecule has 2 N–H and O–H groups in total. The molecular weight excluding hydrogens is 338 g/mol. The first kappa shape index (κ1) is 19.3. The van der Waals surface area contributed by atoms with Crippen LogP contribution in [-0.4, -0.2) is 42.0 Å². The lowest BCUT2D eigenvalue weighted by Crippen LogP contribution is -2.53. The molecule has 1 aliphatic rings. The molecule has 1 aromatic heterocycles. The van der Waals surface area contributed by atoms with Gasteiger partial charge in [0.15, 0.2) is 0 Å². The molecule has 0 radical (unpaired) electrons. The van der Waals surface area contributed by atoms with Gasteiger partial charge in [-0.25, -0.2) is 0 Å². The number of hydrogen-bond donors (Lipinski definition) is 2. The van der Waals surface area contributed by atoms with Crippen molar-refractivity contribution in [2.24, 2.45) is 0 Å². The van der Waals surface area contributed by atoms with Gasteiger partial charge in [0, 0.05) is 32.9 Å². The lowest BCUT2D eigenvalue weighted by Gasteiger charge is -2.43. The molecule has 0 aliphatic heterocycles. The van der Waals surface area contributed by atoms with Gasteiger partial charge in [-0.3, -0.25) is 14.6 Å². The van der Waals surface area contributed by atoms with E-state index in [9.17, 15) is 9.59 Å². The molecule has 0 bridgehead atoms. The van der Waals surface area contributed by atoms with Crippen molar-refractivity contribution < 1.29 is 14.3 Å². The number of aromatic nitrogens is 1. The third-order valence-electron chi connectivity index (χ3n) is 4.75. The summed E-state index contributed by atoms with van der Waals surface area (Å²) in [7, 11) is 3.34. The maximum absolute atomic E-state index is 12.3. The maximum atomic E-state index is 12.3. The average molecular weight is 363 g/mol. The van der Waals surface area contributed by atoms with Crippen LogP contribution in [-0.2, 0) is 19.7 Å². The first-order chi connectivity index (χ1) is 12.0. The minimum absolute atomic E-state index is 0.0611. The second-order valence-electron chi connectivity index (χ2n) is 6.19. The number of ether oxygens (including phenoxy) is 1. The van der Waals surface area contributed by atoms with E-state index in [0.717, 1.165) is 31.2 Å². The normalized spacial score (nSPS) is 22.7. The van der Waals surface area contributed by atoms with Crippen LogP contribution in [0.3, 0.4) is 0 Å². The molecule has 6 nitrogen and oxygen atoms in total. The van der Waals surface area contributed by atoms with Gasteiger partial charge < -0.3 is 15.4 Å². The van der Waals surface area contributed by atoms with E-state index < -0.39 is 5.41 Å². The van der Waals surface area contributed by atoms with E-state index in [1.54, 1.807) is 26.5 Å². The van der Waals surface area contributed by atoms with Crippen LogP contribution in [0, 0.1) is 0 Å². The molecule has 1 aromatic rings. The highest BCUT2D eigenvalue weighted by molar-refractivity contribution is 7.80. The van der Waals surface area contributed by atoms with Crippen LogP contribution in [0.15, 0.2) is 24.5 Å². The molecule has 0 saturated heterocycles. The van der Waals surface area contributed by atoms with Crippen LogP contribution in [0.2, 0.25) is 0 Å². The number of esters is 1. The van der Waals surface area contributed by atoms with E-state index in [2.05, 4.69) is 15.6 Å². The van der Waals surface area contributed by atoms with Crippen molar-refractivity contribution in [2.45, 2.75) is 50.0 Å². The largest absolute Gasteiger partial charge is 0.461 e. The topological polar surface area (TPSA) is 80.3 Å². The van der Waals surface area contributed by atoms with E-state index >= 15 is 0 Å². The number of hydrogen-bond acceptors (Lipinski definition) is 5. The van der Waals surface area contributed by atoms with Crippen LogP contribution < -0.4 is 10.6 Å². The summed E-state index contributed by atoms with van der Waals surface area (Å²) in [6, 6.07) is 3.85. The highest BCUT2D eigenvalue weighted by Crippen LogP contribution is 2.42. The van der Waals surface area contributed by atoms with E-state index in [1.807, 2.05) is 12.1 Å². The Morgan fingerprint density at radius 3 is 2.76 bits per heavy atom. The molecule has 1 saturated carbocycles. The Kier molecular flexibility index (Phi) is 6.87. The molecule has 1 heterocycles. The molecule has 1 amide bonds. The van der Waals surface area contributed by atoms with Crippen molar-refractivity contribution in [2.75, 3.05) is 14.1 Å². The standard InChI is InChI=1S/C18H25N3O3S/c1-19-15(22)8-9-16(23)24-14-7-3-4-10-18(14,17(25)20-2)13-6-5-11-21-12-13/h5-6,11-12,14H,3-4,7-10H2,1-2H3,(H,19,22)(H,20,25). The van der Waals surface area contributed by atoms with Gasteiger partial charge in [-0.05, 0) is 30.9 Å². The minimum atomic E-state index is -0.570. The lowest BCUT2D eigenvalue weighted by atomic mass is 9.67. The molecule has 0 aromatic carbocycles. The predicted molar refractivity (Wildman–Crippen MR) is 99.2 cm³/mol. The Morgan fingerprint density at radius 2 is 2.12 bits per heavy atom. The number of amides is 1. The van der Waals surface area contributed by atoms with Gasteiger partial charge in [-0.1, -0.05) is 24.7 Å². The van der Waals surface area contributed by atoms with Crippen molar-refractivity contribution in [3.8, 4) is 0 Å². The fraction of sp³-hybridized carbons (Fsp3) is 0.556. The summed E-state index contributed by atoms with van der Waals surface area (Å²) < 4.78 is 5.81. The highest BCUT2D eigenvalue weighted by Gasteiger charge is 2.48. The third-order valence-corrected chi connectivity index (χ3v) is 5.32. The number of pyridine rings is 1. The van der Waals surface area contributed by atoms with Crippen molar-refractivity contribution in [3.63, 3.8) is 0 Å². The van der Waals surface area contributed by atoms with Gasteiger partial charge in [0.05, 0.1) is 16.8 Å². The Bertz CT molecular complexity index is 623. The Labute approximate surface area is 153 Å². The zero-order chi connectivity index (χ0) is 18.3. The van der Waals surface area contributed by atoms with Crippen molar-refractivity contribution in [1.82, 2.24) is 15.6 Å². The first-order valence-corrected chi connectivity index (χ1v) is 8.98. The monoisotopic (exact) mass is 363 g/mol. The molecule has 1 fully saturated rings. The summed E-state index contributed by atoms with van der Waals surface area (Å²) in [6.07, 6.45) is 6.85. The predicted octanol–water partition coefficient (Wildman–Crippen LogP) is 1.88. The molecule has 136 valence electrons. The Balaban J connectivity index is 2.25. The summed E-state index contributed by atoms with van der Waals surface area (Å²) in [5, 5.41) is 5.59. The molecule has 2 unspecified atom stereocenters. The zero-order valence-electron chi connectivity index (χ0n) is 14.7. The van der Waals surface area contributed by atoms with E-state index in [1.165, 1.54) is 0 Å². The quantitative estimate of drug-likeness (QED) is 0.593.